The van der Waals surface area contributed by atoms with Gasteiger partial charge in [-0.05, 0) is 12.1 Å². The molecular weight excluding hydrogens is 367 g/mol. The van der Waals surface area contributed by atoms with E-state index in [9.17, 15) is 33.2 Å². The molecule has 7 nitrogen and oxygen atoms in total. The van der Waals surface area contributed by atoms with Gasteiger partial charge >= 0.3 is 6.18 Å². The Morgan fingerprint density at radius 2 is 1.85 bits per heavy atom. The van der Waals surface area contributed by atoms with Crippen LogP contribution in [0, 0.1) is 10.1 Å². The average molecular weight is 379 g/mol. The number of halogens is 3. The molecule has 3 rings (SSSR count). The summed E-state index contributed by atoms with van der Waals surface area (Å²) in [5, 5.41) is 25.5. The summed E-state index contributed by atoms with van der Waals surface area (Å²) in [6, 6.07) is 11.8. The number of carbonyl (C=O) groups excluding carboxylic acids is 1. The zero-order valence-corrected chi connectivity index (χ0v) is 13.6. The minimum Gasteiger partial charge on any atom is -0.365 e. The Bertz CT molecular complexity index is 931. The van der Waals surface area contributed by atoms with Crippen molar-refractivity contribution in [2.24, 2.45) is 5.10 Å². The van der Waals surface area contributed by atoms with E-state index in [-0.39, 0.29) is 11.1 Å². The Labute approximate surface area is 150 Å². The van der Waals surface area contributed by atoms with E-state index in [4.69, 9.17) is 0 Å². The molecule has 0 fully saturated rings. The van der Waals surface area contributed by atoms with Crippen molar-refractivity contribution in [3.05, 3.63) is 75.8 Å². The second-order valence-electron chi connectivity index (χ2n) is 5.83. The van der Waals surface area contributed by atoms with Gasteiger partial charge in [0.15, 0.2) is 5.72 Å². The van der Waals surface area contributed by atoms with Crippen LogP contribution in [0.2, 0.25) is 0 Å². The normalized spacial score (nSPS) is 19.7. The SMILES string of the molecule is O=C(c1ccccc1)N1N=C(C(F)(F)F)CC1(O)c1cccc([N+](=O)[O-])c1. The van der Waals surface area contributed by atoms with Crippen LogP contribution in [0.15, 0.2) is 59.7 Å². The number of hydrogen-bond acceptors (Lipinski definition) is 5. The van der Waals surface area contributed by atoms with Gasteiger partial charge in [-0.25, -0.2) is 0 Å². The number of benzene rings is 2. The predicted octanol–water partition coefficient (Wildman–Crippen LogP) is 3.20. The lowest BCUT2D eigenvalue weighted by Crippen LogP contribution is -2.43. The summed E-state index contributed by atoms with van der Waals surface area (Å²) in [7, 11) is 0. The standard InChI is InChI=1S/C17H12F3N3O4/c18-17(19,20)14-10-16(25,12-7-4-8-13(9-12)23(26)27)22(21-14)15(24)11-5-2-1-3-6-11/h1-9,25H,10H2. The Morgan fingerprint density at radius 3 is 2.44 bits per heavy atom. The number of amides is 1. The first-order valence-electron chi connectivity index (χ1n) is 7.64. The Hall–Kier alpha value is -3.27. The molecule has 0 bridgehead atoms. The number of nitro benzene ring substituents is 1. The highest BCUT2D eigenvalue weighted by atomic mass is 19.4. The van der Waals surface area contributed by atoms with Gasteiger partial charge in [0.1, 0.15) is 5.71 Å². The number of aliphatic hydroxyl groups is 1. The molecule has 27 heavy (non-hydrogen) atoms. The first kappa shape index (κ1) is 18.5. The minimum atomic E-state index is -4.87. The lowest BCUT2D eigenvalue weighted by atomic mass is 9.96. The van der Waals surface area contributed by atoms with E-state index in [0.29, 0.717) is 5.01 Å². The highest BCUT2D eigenvalue weighted by Gasteiger charge is 2.53. The van der Waals surface area contributed by atoms with E-state index in [0.717, 1.165) is 12.1 Å². The van der Waals surface area contributed by atoms with Crippen molar-refractivity contribution in [1.82, 2.24) is 5.01 Å². The molecule has 0 saturated heterocycles. The van der Waals surface area contributed by atoms with Crippen molar-refractivity contribution in [3.8, 4) is 0 Å². The molecule has 1 atom stereocenters. The van der Waals surface area contributed by atoms with Gasteiger partial charge in [-0.2, -0.15) is 23.3 Å². The van der Waals surface area contributed by atoms with Gasteiger partial charge < -0.3 is 5.11 Å². The summed E-state index contributed by atoms with van der Waals surface area (Å²) in [6.07, 6.45) is -5.92. The maximum atomic E-state index is 13.2. The molecule has 0 aliphatic carbocycles. The molecule has 1 N–H and O–H groups in total. The van der Waals surface area contributed by atoms with Crippen LogP contribution in [-0.4, -0.2) is 32.8 Å². The summed E-state index contributed by atoms with van der Waals surface area (Å²) in [5.41, 5.74) is -4.55. The number of hydrazone groups is 1. The summed E-state index contributed by atoms with van der Waals surface area (Å²) in [5.74, 6) is -0.969. The monoisotopic (exact) mass is 379 g/mol. The maximum Gasteiger partial charge on any atom is 0.431 e. The fourth-order valence-corrected chi connectivity index (χ4v) is 2.71. The third-order valence-corrected chi connectivity index (χ3v) is 4.04. The number of nitrogens with zero attached hydrogens (tertiary/aromatic N) is 3. The van der Waals surface area contributed by atoms with E-state index >= 15 is 0 Å². The number of alkyl halides is 3. The molecule has 2 aromatic carbocycles. The number of hydrogen-bond donors (Lipinski definition) is 1. The van der Waals surface area contributed by atoms with Gasteiger partial charge in [-0.1, -0.05) is 30.3 Å². The van der Waals surface area contributed by atoms with Crippen LogP contribution in [0.25, 0.3) is 0 Å². The first-order chi connectivity index (χ1) is 12.6. The zero-order chi connectivity index (χ0) is 19.8. The molecule has 140 valence electrons. The quantitative estimate of drug-likeness (QED) is 0.654. The van der Waals surface area contributed by atoms with Crippen molar-refractivity contribution in [2.45, 2.75) is 18.3 Å². The summed E-state index contributed by atoms with van der Waals surface area (Å²) in [4.78, 5) is 22.9. The number of nitro groups is 1. The lowest BCUT2D eigenvalue weighted by molar-refractivity contribution is -0.385. The van der Waals surface area contributed by atoms with Crippen LogP contribution in [0.1, 0.15) is 22.3 Å². The van der Waals surface area contributed by atoms with Gasteiger partial charge in [0.2, 0.25) is 0 Å². The fourth-order valence-electron chi connectivity index (χ4n) is 2.71. The van der Waals surface area contributed by atoms with Crippen LogP contribution in [-0.2, 0) is 5.72 Å². The van der Waals surface area contributed by atoms with Crippen LogP contribution < -0.4 is 0 Å². The summed E-state index contributed by atoms with van der Waals surface area (Å²) >= 11 is 0. The van der Waals surface area contributed by atoms with Crippen molar-refractivity contribution in [1.29, 1.82) is 0 Å². The minimum absolute atomic E-state index is 0.00790. The molecule has 1 amide bonds. The van der Waals surface area contributed by atoms with Gasteiger partial charge in [0, 0.05) is 23.3 Å². The fraction of sp³-hybridized carbons (Fsp3) is 0.176. The van der Waals surface area contributed by atoms with E-state index in [1.807, 2.05) is 0 Å². The molecule has 1 aliphatic heterocycles. The number of non-ortho nitro benzene ring substituents is 1. The van der Waals surface area contributed by atoms with Crippen LogP contribution in [0.4, 0.5) is 18.9 Å². The smallest absolute Gasteiger partial charge is 0.365 e. The van der Waals surface area contributed by atoms with E-state index in [1.54, 1.807) is 6.07 Å². The topological polar surface area (TPSA) is 96.0 Å². The lowest BCUT2D eigenvalue weighted by Gasteiger charge is -2.31. The van der Waals surface area contributed by atoms with Gasteiger partial charge in [0.25, 0.3) is 11.6 Å². The molecule has 1 unspecified atom stereocenters. The summed E-state index contributed by atoms with van der Waals surface area (Å²) < 4.78 is 39.5. The first-order valence-corrected chi connectivity index (χ1v) is 7.64. The third-order valence-electron chi connectivity index (χ3n) is 4.04. The highest BCUT2D eigenvalue weighted by molar-refractivity contribution is 5.99. The Morgan fingerprint density at radius 1 is 1.19 bits per heavy atom. The molecule has 0 radical (unpaired) electrons. The van der Waals surface area contributed by atoms with Crippen molar-refractivity contribution in [2.75, 3.05) is 0 Å². The van der Waals surface area contributed by atoms with Gasteiger partial charge in [-0.3, -0.25) is 14.9 Å². The van der Waals surface area contributed by atoms with Crippen LogP contribution in [0.3, 0.4) is 0 Å². The predicted molar refractivity (Wildman–Crippen MR) is 87.7 cm³/mol. The summed E-state index contributed by atoms with van der Waals surface area (Å²) in [6.45, 7) is 0. The molecule has 10 heteroatoms. The van der Waals surface area contributed by atoms with Crippen LogP contribution in [0.5, 0.6) is 0 Å². The molecule has 1 heterocycles. The molecule has 0 aromatic heterocycles. The number of carbonyl (C=O) groups is 1. The number of rotatable bonds is 3. The van der Waals surface area contributed by atoms with Crippen molar-refractivity contribution < 1.29 is 28.0 Å². The third kappa shape index (κ3) is 3.38. The second-order valence-corrected chi connectivity index (χ2v) is 5.83. The van der Waals surface area contributed by atoms with Crippen LogP contribution >= 0.6 is 0 Å². The Kier molecular flexibility index (Phi) is 4.44. The largest absolute Gasteiger partial charge is 0.431 e. The maximum absolute atomic E-state index is 13.2. The van der Waals surface area contributed by atoms with E-state index in [2.05, 4.69) is 5.10 Å². The van der Waals surface area contributed by atoms with Gasteiger partial charge in [0.05, 0.1) is 11.3 Å². The highest BCUT2D eigenvalue weighted by Crippen LogP contribution is 2.41. The Balaban J connectivity index is 2.10. The van der Waals surface area contributed by atoms with Crippen molar-refractivity contribution >= 4 is 17.3 Å². The molecule has 0 spiro atoms. The average Bonchev–Trinajstić information content (AvgIpc) is 3.01. The second kappa shape index (κ2) is 6.47. The van der Waals surface area contributed by atoms with Crippen molar-refractivity contribution in [3.63, 3.8) is 0 Å². The van der Waals surface area contributed by atoms with Gasteiger partial charge in [-0.15, -0.1) is 0 Å². The van der Waals surface area contributed by atoms with E-state index in [1.165, 1.54) is 36.4 Å². The zero-order valence-electron chi connectivity index (χ0n) is 13.6. The molecular formula is C17H12F3N3O4. The molecule has 0 saturated carbocycles. The molecule has 2 aromatic rings. The van der Waals surface area contributed by atoms with E-state index < -0.39 is 40.6 Å². The molecule has 1 aliphatic rings.